The van der Waals surface area contributed by atoms with E-state index in [1.54, 1.807) is 6.07 Å². The van der Waals surface area contributed by atoms with E-state index >= 15 is 0 Å². The number of nitrogens with one attached hydrogen (secondary N) is 2. The molecule has 1 amide bonds. The van der Waals surface area contributed by atoms with Gasteiger partial charge in [-0.05, 0) is 6.42 Å². The van der Waals surface area contributed by atoms with Crippen LogP contribution in [-0.4, -0.2) is 29.1 Å². The molecule has 7 heteroatoms. The molecule has 102 valence electrons. The van der Waals surface area contributed by atoms with Gasteiger partial charge < -0.3 is 21.5 Å². The van der Waals surface area contributed by atoms with E-state index < -0.39 is 0 Å². The molecule has 2 atom stereocenters. The minimum atomic E-state index is 0.0576. The Hall–Kier alpha value is -1.79. The number of aromatic nitrogens is 1. The highest BCUT2D eigenvalue weighted by atomic mass is 35.5. The molecule has 0 saturated heterocycles. The normalized spacial score (nSPS) is 21.4. The molecule has 19 heavy (non-hydrogen) atoms. The number of halogens is 1. The molecular formula is C12H15ClN4O2. The number of hydrogen-bond acceptors (Lipinski definition) is 5. The van der Waals surface area contributed by atoms with E-state index in [-0.39, 0.29) is 29.5 Å². The second-order valence-corrected chi connectivity index (χ2v) is 4.69. The third-order valence-corrected chi connectivity index (χ3v) is 3.22. The molecule has 1 aromatic heterocycles. The molecule has 5 N–H and O–H groups in total. The summed E-state index contributed by atoms with van der Waals surface area (Å²) in [4.78, 5) is 14.5. The summed E-state index contributed by atoms with van der Waals surface area (Å²) in [6.45, 7) is 0.118. The van der Waals surface area contributed by atoms with Crippen molar-refractivity contribution in [2.75, 3.05) is 23.0 Å². The number of aliphatic hydroxyl groups is 1. The number of nitrogens with two attached hydrogens (primary N) is 1. The number of hydrogen-bond donors (Lipinski definition) is 4. The molecule has 1 heterocycles. The van der Waals surface area contributed by atoms with Crippen molar-refractivity contribution in [3.05, 3.63) is 23.4 Å². The van der Waals surface area contributed by atoms with Crippen molar-refractivity contribution >= 4 is 35.2 Å². The molecule has 0 spiro atoms. The van der Waals surface area contributed by atoms with E-state index in [4.69, 9.17) is 22.4 Å². The fourth-order valence-corrected chi connectivity index (χ4v) is 2.31. The summed E-state index contributed by atoms with van der Waals surface area (Å²) in [6.07, 6.45) is 5.23. The molecule has 0 aliphatic heterocycles. The molecule has 1 aliphatic rings. The van der Waals surface area contributed by atoms with Crippen molar-refractivity contribution < 1.29 is 9.90 Å². The predicted octanol–water partition coefficient (Wildman–Crippen LogP) is 1.23. The van der Waals surface area contributed by atoms with Gasteiger partial charge in [-0.2, -0.15) is 0 Å². The molecule has 1 aromatic rings. The summed E-state index contributed by atoms with van der Waals surface area (Å²) in [5.41, 5.74) is 6.65. The first-order chi connectivity index (χ1) is 9.13. The highest BCUT2D eigenvalue weighted by Gasteiger charge is 2.20. The van der Waals surface area contributed by atoms with E-state index in [0.717, 1.165) is 6.42 Å². The van der Waals surface area contributed by atoms with E-state index in [2.05, 4.69) is 15.6 Å². The van der Waals surface area contributed by atoms with Gasteiger partial charge in [-0.3, -0.25) is 4.79 Å². The van der Waals surface area contributed by atoms with E-state index in [0.29, 0.717) is 17.8 Å². The van der Waals surface area contributed by atoms with Crippen LogP contribution in [0.3, 0.4) is 0 Å². The molecule has 1 aliphatic carbocycles. The summed E-state index contributed by atoms with van der Waals surface area (Å²) >= 11 is 5.94. The van der Waals surface area contributed by atoms with E-state index in [1.165, 1.54) is 0 Å². The summed E-state index contributed by atoms with van der Waals surface area (Å²) in [5.74, 6) is 0.416. The average Bonchev–Trinajstić information content (AvgIpc) is 2.81. The van der Waals surface area contributed by atoms with E-state index in [9.17, 15) is 4.79 Å². The van der Waals surface area contributed by atoms with Crippen LogP contribution in [0.2, 0.25) is 5.15 Å². The van der Waals surface area contributed by atoms with Gasteiger partial charge in [-0.15, -0.1) is 0 Å². The van der Waals surface area contributed by atoms with Gasteiger partial charge in [0.05, 0.1) is 5.69 Å². The molecule has 0 unspecified atom stereocenters. The topological polar surface area (TPSA) is 100 Å². The SMILES string of the molecule is Nc1cc(N[C@@H]2C=C[C@H](CO)C2)c(NC=O)c(Cl)n1. The first-order valence-corrected chi connectivity index (χ1v) is 6.23. The van der Waals surface area contributed by atoms with Gasteiger partial charge in [0.1, 0.15) is 11.5 Å². The Labute approximate surface area is 115 Å². The smallest absolute Gasteiger partial charge is 0.211 e. The molecule has 0 fully saturated rings. The van der Waals surface area contributed by atoms with Crippen LogP contribution < -0.4 is 16.4 Å². The Balaban J connectivity index is 2.19. The van der Waals surface area contributed by atoms with Crippen molar-refractivity contribution in [2.45, 2.75) is 12.5 Å². The minimum absolute atomic E-state index is 0.0576. The third-order valence-electron chi connectivity index (χ3n) is 2.95. The lowest BCUT2D eigenvalue weighted by Crippen LogP contribution is -2.18. The predicted molar refractivity (Wildman–Crippen MR) is 75.1 cm³/mol. The Kier molecular flexibility index (Phi) is 4.24. The fraction of sp³-hybridized carbons (Fsp3) is 0.333. The Morgan fingerprint density at radius 3 is 3.00 bits per heavy atom. The summed E-state index contributed by atoms with van der Waals surface area (Å²) in [6, 6.07) is 1.67. The number of pyridine rings is 1. The number of anilines is 3. The number of aliphatic hydroxyl groups excluding tert-OH is 1. The molecule has 2 rings (SSSR count). The molecule has 0 bridgehead atoms. The first-order valence-electron chi connectivity index (χ1n) is 5.86. The summed E-state index contributed by atoms with van der Waals surface area (Å²) < 4.78 is 0. The minimum Gasteiger partial charge on any atom is -0.396 e. The van der Waals surface area contributed by atoms with Crippen LogP contribution >= 0.6 is 11.6 Å². The molecule has 6 nitrogen and oxygen atoms in total. The van der Waals surface area contributed by atoms with Gasteiger partial charge in [0.2, 0.25) is 6.41 Å². The Morgan fingerprint density at radius 2 is 2.37 bits per heavy atom. The van der Waals surface area contributed by atoms with Crippen LogP contribution in [-0.2, 0) is 4.79 Å². The van der Waals surface area contributed by atoms with Crippen molar-refractivity contribution in [1.29, 1.82) is 0 Å². The second kappa shape index (κ2) is 5.90. The van der Waals surface area contributed by atoms with Crippen molar-refractivity contribution in [2.24, 2.45) is 5.92 Å². The van der Waals surface area contributed by atoms with Crippen LogP contribution in [0.25, 0.3) is 0 Å². The lowest BCUT2D eigenvalue weighted by atomic mass is 10.1. The third kappa shape index (κ3) is 3.15. The van der Waals surface area contributed by atoms with Crippen LogP contribution in [0.5, 0.6) is 0 Å². The van der Waals surface area contributed by atoms with Crippen molar-refractivity contribution in [3.8, 4) is 0 Å². The second-order valence-electron chi connectivity index (χ2n) is 4.34. The van der Waals surface area contributed by atoms with Gasteiger partial charge in [0.15, 0.2) is 5.15 Å². The molecular weight excluding hydrogens is 268 g/mol. The van der Waals surface area contributed by atoms with E-state index in [1.807, 2.05) is 12.2 Å². The summed E-state index contributed by atoms with van der Waals surface area (Å²) in [5, 5.41) is 14.9. The number of carbonyl (C=O) groups is 1. The highest BCUT2D eigenvalue weighted by molar-refractivity contribution is 6.33. The zero-order valence-corrected chi connectivity index (χ0v) is 10.9. The molecule has 0 aromatic carbocycles. The quantitative estimate of drug-likeness (QED) is 0.370. The van der Waals surface area contributed by atoms with Crippen molar-refractivity contribution in [1.82, 2.24) is 4.98 Å². The monoisotopic (exact) mass is 282 g/mol. The lowest BCUT2D eigenvalue weighted by molar-refractivity contribution is -0.105. The standard InChI is InChI=1S/C12H15ClN4O2/c13-12-11(15-6-19)9(4-10(14)17-12)16-8-2-1-7(3-8)5-18/h1-2,4,6-8,18H,3,5H2,(H,15,19)(H3,14,16,17)/t7-,8+/m0/s1. The molecule has 0 saturated carbocycles. The van der Waals surface area contributed by atoms with Gasteiger partial charge in [-0.25, -0.2) is 4.98 Å². The first kappa shape index (κ1) is 13.6. The zero-order chi connectivity index (χ0) is 13.8. The van der Waals surface area contributed by atoms with Crippen LogP contribution in [0.4, 0.5) is 17.2 Å². The number of amides is 1. The van der Waals surface area contributed by atoms with Crippen LogP contribution in [0.1, 0.15) is 6.42 Å². The Morgan fingerprint density at radius 1 is 1.58 bits per heavy atom. The van der Waals surface area contributed by atoms with Gasteiger partial charge in [0, 0.05) is 24.6 Å². The largest absolute Gasteiger partial charge is 0.396 e. The van der Waals surface area contributed by atoms with Crippen LogP contribution in [0, 0.1) is 5.92 Å². The number of nitrogen functional groups attached to an aromatic ring is 1. The number of rotatable bonds is 5. The van der Waals surface area contributed by atoms with Crippen molar-refractivity contribution in [3.63, 3.8) is 0 Å². The number of nitrogens with zero attached hydrogens (tertiary/aromatic N) is 1. The van der Waals surface area contributed by atoms with Gasteiger partial charge in [0.25, 0.3) is 0 Å². The average molecular weight is 283 g/mol. The maximum atomic E-state index is 10.6. The fourth-order valence-electron chi connectivity index (χ4n) is 2.06. The maximum absolute atomic E-state index is 10.6. The molecule has 0 radical (unpaired) electrons. The van der Waals surface area contributed by atoms with Gasteiger partial charge >= 0.3 is 0 Å². The van der Waals surface area contributed by atoms with Gasteiger partial charge in [-0.1, -0.05) is 23.8 Å². The zero-order valence-electron chi connectivity index (χ0n) is 10.1. The maximum Gasteiger partial charge on any atom is 0.211 e. The Bertz CT molecular complexity index is 507. The summed E-state index contributed by atoms with van der Waals surface area (Å²) in [7, 11) is 0. The number of carbonyl (C=O) groups excluding carboxylic acids is 1. The lowest BCUT2D eigenvalue weighted by Gasteiger charge is -2.17. The van der Waals surface area contributed by atoms with Crippen LogP contribution in [0.15, 0.2) is 18.2 Å². The highest BCUT2D eigenvalue weighted by Crippen LogP contribution is 2.32.